The lowest BCUT2D eigenvalue weighted by molar-refractivity contribution is -0.138. The molecular formula is C9H4F3NO. The van der Waals surface area contributed by atoms with E-state index in [9.17, 15) is 18.0 Å². The topological polar surface area (TPSA) is 29.4 Å². The number of fused-ring (bicyclic) bond motifs is 1. The van der Waals surface area contributed by atoms with Crippen molar-refractivity contribution in [3.8, 4) is 0 Å². The fourth-order valence-electron chi connectivity index (χ4n) is 1.31. The SMILES string of the molecule is O=C1C=c2cccc(C(F)(F)F)c2=N1. The summed E-state index contributed by atoms with van der Waals surface area (Å²) < 4.78 is 37.2. The van der Waals surface area contributed by atoms with Crippen LogP contribution < -0.4 is 10.6 Å². The van der Waals surface area contributed by atoms with E-state index in [-0.39, 0.29) is 10.6 Å². The molecule has 2 rings (SSSR count). The van der Waals surface area contributed by atoms with Crippen molar-refractivity contribution >= 4 is 12.0 Å². The number of amides is 1. The monoisotopic (exact) mass is 199 g/mol. The lowest BCUT2D eigenvalue weighted by Crippen LogP contribution is -2.30. The summed E-state index contributed by atoms with van der Waals surface area (Å²) in [5, 5.41) is -0.0465. The van der Waals surface area contributed by atoms with Gasteiger partial charge >= 0.3 is 6.18 Å². The average Bonchev–Trinajstić information content (AvgIpc) is 2.41. The average molecular weight is 199 g/mol. The van der Waals surface area contributed by atoms with Crippen molar-refractivity contribution in [1.82, 2.24) is 0 Å². The molecule has 14 heavy (non-hydrogen) atoms. The fraction of sp³-hybridized carbons (Fsp3) is 0.111. The zero-order valence-electron chi connectivity index (χ0n) is 6.80. The second-order valence-electron chi connectivity index (χ2n) is 2.84. The molecule has 1 heterocycles. The summed E-state index contributed by atoms with van der Waals surface area (Å²) >= 11 is 0. The Balaban J connectivity index is 2.82. The molecule has 0 aliphatic carbocycles. The minimum absolute atomic E-state index is 0.227. The molecule has 0 bridgehead atoms. The summed E-state index contributed by atoms with van der Waals surface area (Å²) in [6, 6.07) is 3.60. The standard InChI is InChI=1S/C9H4F3NO/c10-9(11,12)6-3-1-2-5-4-7(14)13-8(5)6/h1-4H. The van der Waals surface area contributed by atoms with Gasteiger partial charge in [-0.05, 0) is 6.07 Å². The van der Waals surface area contributed by atoms with Crippen molar-refractivity contribution in [3.05, 3.63) is 34.3 Å². The number of rotatable bonds is 0. The summed E-state index contributed by atoms with van der Waals surface area (Å²) in [5.74, 6) is -0.642. The second-order valence-corrected chi connectivity index (χ2v) is 2.84. The van der Waals surface area contributed by atoms with E-state index in [2.05, 4.69) is 4.99 Å². The molecule has 1 amide bonds. The Labute approximate surface area is 76.4 Å². The molecule has 0 saturated heterocycles. The van der Waals surface area contributed by atoms with E-state index < -0.39 is 17.6 Å². The van der Waals surface area contributed by atoms with Crippen LogP contribution in [0.25, 0.3) is 6.08 Å². The number of para-hydroxylation sites is 1. The van der Waals surface area contributed by atoms with Gasteiger partial charge in [-0.25, -0.2) is 4.99 Å². The highest BCUT2D eigenvalue weighted by molar-refractivity contribution is 6.06. The zero-order valence-corrected chi connectivity index (χ0v) is 6.80. The molecule has 0 saturated carbocycles. The predicted octanol–water partition coefficient (Wildman–Crippen LogP) is 0.646. The van der Waals surface area contributed by atoms with Crippen LogP contribution in [0.15, 0.2) is 23.2 Å². The number of hydrogen-bond donors (Lipinski definition) is 0. The maximum Gasteiger partial charge on any atom is 0.418 e. The minimum atomic E-state index is -4.46. The Bertz CT molecular complexity index is 516. The van der Waals surface area contributed by atoms with Gasteiger partial charge in [0, 0.05) is 11.3 Å². The maximum absolute atomic E-state index is 12.4. The van der Waals surface area contributed by atoms with Gasteiger partial charge in [0.25, 0.3) is 5.91 Å². The predicted molar refractivity (Wildman–Crippen MR) is 41.7 cm³/mol. The van der Waals surface area contributed by atoms with E-state index in [4.69, 9.17) is 0 Å². The van der Waals surface area contributed by atoms with E-state index in [0.29, 0.717) is 0 Å². The third-order valence-corrected chi connectivity index (χ3v) is 1.87. The van der Waals surface area contributed by atoms with Gasteiger partial charge in [0.1, 0.15) is 0 Å². The number of alkyl halides is 3. The molecule has 1 aromatic rings. The Morgan fingerprint density at radius 2 is 1.93 bits per heavy atom. The molecule has 1 aliphatic rings. The quantitative estimate of drug-likeness (QED) is 0.603. The molecule has 5 heteroatoms. The van der Waals surface area contributed by atoms with Crippen molar-refractivity contribution in [3.63, 3.8) is 0 Å². The van der Waals surface area contributed by atoms with Crippen LogP contribution in [0.1, 0.15) is 5.56 Å². The fourth-order valence-corrected chi connectivity index (χ4v) is 1.31. The molecule has 0 aromatic heterocycles. The number of benzene rings is 1. The molecule has 0 fully saturated rings. The molecule has 0 N–H and O–H groups in total. The molecule has 2 nitrogen and oxygen atoms in total. The first-order valence-electron chi connectivity index (χ1n) is 3.79. The van der Waals surface area contributed by atoms with Crippen molar-refractivity contribution in [1.29, 1.82) is 0 Å². The molecular weight excluding hydrogens is 195 g/mol. The molecule has 0 radical (unpaired) electrons. The highest BCUT2D eigenvalue weighted by Crippen LogP contribution is 2.25. The van der Waals surface area contributed by atoms with Crippen LogP contribution in [0.4, 0.5) is 13.2 Å². The molecule has 0 spiro atoms. The van der Waals surface area contributed by atoms with Gasteiger partial charge in [-0.2, -0.15) is 13.2 Å². The van der Waals surface area contributed by atoms with E-state index in [1.807, 2.05) is 0 Å². The van der Waals surface area contributed by atoms with Gasteiger partial charge in [0.05, 0.1) is 10.9 Å². The Kier molecular flexibility index (Phi) is 1.70. The maximum atomic E-state index is 12.4. The number of nitrogens with zero attached hydrogens (tertiary/aromatic N) is 1. The van der Waals surface area contributed by atoms with E-state index in [0.717, 1.165) is 12.1 Å². The Hall–Kier alpha value is -1.65. The highest BCUT2D eigenvalue weighted by atomic mass is 19.4. The summed E-state index contributed by atoms with van der Waals surface area (Å²) in [7, 11) is 0. The van der Waals surface area contributed by atoms with Crippen LogP contribution >= 0.6 is 0 Å². The van der Waals surface area contributed by atoms with Gasteiger partial charge < -0.3 is 0 Å². The molecule has 1 aromatic carbocycles. The van der Waals surface area contributed by atoms with Crippen LogP contribution in [0.5, 0.6) is 0 Å². The van der Waals surface area contributed by atoms with Gasteiger partial charge in [-0.15, -0.1) is 0 Å². The summed E-state index contributed by atoms with van der Waals surface area (Å²) in [6.07, 6.45) is -3.38. The summed E-state index contributed by atoms with van der Waals surface area (Å²) in [6.45, 7) is 0. The van der Waals surface area contributed by atoms with E-state index >= 15 is 0 Å². The van der Waals surface area contributed by atoms with Crippen LogP contribution in [0, 0.1) is 0 Å². The highest BCUT2D eigenvalue weighted by Gasteiger charge is 2.33. The third kappa shape index (κ3) is 1.30. The summed E-state index contributed by atoms with van der Waals surface area (Å²) in [4.78, 5) is 14.1. The van der Waals surface area contributed by atoms with Crippen LogP contribution in [0.2, 0.25) is 0 Å². The summed E-state index contributed by atoms with van der Waals surface area (Å²) in [5.41, 5.74) is -0.864. The van der Waals surface area contributed by atoms with E-state index in [1.54, 1.807) is 0 Å². The zero-order chi connectivity index (χ0) is 10.3. The van der Waals surface area contributed by atoms with E-state index in [1.165, 1.54) is 12.1 Å². The van der Waals surface area contributed by atoms with Gasteiger partial charge in [0.15, 0.2) is 0 Å². The van der Waals surface area contributed by atoms with Gasteiger partial charge in [0.2, 0.25) is 0 Å². The Morgan fingerprint density at radius 3 is 2.57 bits per heavy atom. The normalized spacial score (nSPS) is 14.6. The largest absolute Gasteiger partial charge is 0.418 e. The second kappa shape index (κ2) is 2.67. The van der Waals surface area contributed by atoms with Crippen LogP contribution in [-0.2, 0) is 11.0 Å². The molecule has 0 unspecified atom stereocenters. The lowest BCUT2D eigenvalue weighted by atomic mass is 10.2. The lowest BCUT2D eigenvalue weighted by Gasteiger charge is -2.04. The number of halogens is 3. The van der Waals surface area contributed by atoms with Crippen LogP contribution in [-0.4, -0.2) is 5.91 Å². The first kappa shape index (κ1) is 8.93. The van der Waals surface area contributed by atoms with Gasteiger partial charge in [-0.1, -0.05) is 12.1 Å². The number of carbonyl (C=O) groups is 1. The van der Waals surface area contributed by atoms with Crippen molar-refractivity contribution in [2.24, 2.45) is 4.99 Å². The number of hydrogen-bond acceptors (Lipinski definition) is 1. The third-order valence-electron chi connectivity index (χ3n) is 1.87. The first-order valence-corrected chi connectivity index (χ1v) is 3.79. The Morgan fingerprint density at radius 1 is 1.21 bits per heavy atom. The minimum Gasteiger partial charge on any atom is -0.267 e. The molecule has 0 atom stereocenters. The van der Waals surface area contributed by atoms with Crippen LogP contribution in [0.3, 0.4) is 0 Å². The van der Waals surface area contributed by atoms with Crippen molar-refractivity contribution in [2.75, 3.05) is 0 Å². The first-order chi connectivity index (χ1) is 6.48. The van der Waals surface area contributed by atoms with Crippen molar-refractivity contribution in [2.45, 2.75) is 6.18 Å². The number of carbonyl (C=O) groups excluding carboxylic acids is 1. The van der Waals surface area contributed by atoms with Gasteiger partial charge in [-0.3, -0.25) is 4.79 Å². The van der Waals surface area contributed by atoms with Crippen molar-refractivity contribution < 1.29 is 18.0 Å². The molecule has 72 valence electrons. The molecule has 1 aliphatic heterocycles. The smallest absolute Gasteiger partial charge is 0.267 e.